The van der Waals surface area contributed by atoms with Crippen molar-refractivity contribution < 1.29 is 76.1 Å². The predicted molar refractivity (Wildman–Crippen MR) is 189 cm³/mol. The molecule has 4 aliphatic heterocycles. The average Bonchev–Trinajstić information content (AvgIpc) is 3.30. The Labute approximate surface area is 335 Å². The number of nitrogens with zero attached hydrogens (tertiary/aromatic N) is 1. The lowest BCUT2D eigenvalue weighted by molar-refractivity contribution is -0.378. The van der Waals surface area contributed by atoms with Crippen LogP contribution < -0.4 is 0 Å². The van der Waals surface area contributed by atoms with Crippen LogP contribution in [0, 0.1) is 5.41 Å². The van der Waals surface area contributed by atoms with Gasteiger partial charge in [0.1, 0.15) is 37.1 Å². The number of benzene rings is 1. The Morgan fingerprint density at radius 1 is 0.768 bits per heavy atom. The van der Waals surface area contributed by atoms with Crippen molar-refractivity contribution >= 4 is 76.4 Å². The van der Waals surface area contributed by atoms with E-state index in [2.05, 4.69) is 0 Å². The first-order chi connectivity index (χ1) is 26.3. The summed E-state index contributed by atoms with van der Waals surface area (Å²) < 4.78 is 56.7. The van der Waals surface area contributed by atoms with Crippen LogP contribution >= 0.6 is 34.8 Å². The fourth-order valence-electron chi connectivity index (χ4n) is 6.54. The molecule has 306 valence electrons. The number of hydrogen-bond acceptors (Lipinski definition) is 17. The third-order valence-electron chi connectivity index (χ3n) is 9.05. The van der Waals surface area contributed by atoms with Crippen LogP contribution in [-0.4, -0.2) is 125 Å². The molecule has 4 heterocycles. The van der Waals surface area contributed by atoms with Crippen LogP contribution in [0.25, 0.3) is 0 Å². The molecule has 21 heteroatoms. The van der Waals surface area contributed by atoms with E-state index in [-0.39, 0.29) is 17.8 Å². The minimum atomic E-state index is -2.44. The quantitative estimate of drug-likeness (QED) is 0.0893. The van der Waals surface area contributed by atoms with Crippen LogP contribution in [0.3, 0.4) is 0 Å². The van der Waals surface area contributed by atoms with Crippen LogP contribution in [0.4, 0.5) is 0 Å². The van der Waals surface area contributed by atoms with Crippen LogP contribution in [-0.2, 0) is 76.1 Å². The standard InChI is InChI=1S/C35H39Cl3N2O16/c1-14-15(2)30(46)40(29(14)45)23-26(24-22(52-32(23)56-34(39)35(36,37)38)13-48-31(54-24)20-10-8-7-9-11-20)55-33-28(51-19(6)44)27(50-18(5)43)25(49-17(4)42)21(53-33)12-47-16(3)41/h7-11,21-28,31-33,39H,12-13H2,1-6H3/t21-,22-,23-,24-,25+,26-,27+,28-,31?,32?,33+/m1/s1. The fraction of sp³-hybridized carbons (Fsp3) is 0.571. The lowest BCUT2D eigenvalue weighted by Gasteiger charge is -2.52. The third kappa shape index (κ3) is 9.62. The zero-order valence-corrected chi connectivity index (χ0v) is 33.0. The smallest absolute Gasteiger partial charge is 0.303 e. The number of amides is 2. The molecule has 1 N–H and O–H groups in total. The Bertz CT molecular complexity index is 1730. The molecule has 2 amide bonds. The van der Waals surface area contributed by atoms with E-state index in [9.17, 15) is 28.8 Å². The van der Waals surface area contributed by atoms with Gasteiger partial charge in [0.05, 0.1) is 6.61 Å². The maximum atomic E-state index is 13.9. The van der Waals surface area contributed by atoms with Crippen LogP contribution in [0.15, 0.2) is 41.5 Å². The minimum absolute atomic E-state index is 0.0634. The van der Waals surface area contributed by atoms with Gasteiger partial charge in [-0.05, 0) is 13.8 Å². The molecular formula is C35H39Cl3N2O16. The van der Waals surface area contributed by atoms with Gasteiger partial charge < -0.3 is 47.4 Å². The fourth-order valence-corrected chi connectivity index (χ4v) is 6.68. The zero-order chi connectivity index (χ0) is 41.2. The predicted octanol–water partition coefficient (Wildman–Crippen LogP) is 2.73. The molecule has 1 aromatic carbocycles. The summed E-state index contributed by atoms with van der Waals surface area (Å²) in [6.07, 6.45) is -15.1. The maximum Gasteiger partial charge on any atom is 0.303 e. The van der Waals surface area contributed by atoms with E-state index in [0.717, 1.165) is 32.6 Å². The number of ether oxygens (including phenoxy) is 10. The first kappa shape index (κ1) is 43.2. The second kappa shape index (κ2) is 17.7. The number of fused-ring (bicyclic) bond motifs is 1. The SMILES string of the molecule is CC(=O)OC[C@H]1O[C@@H](O[C@H]2[C@@H]3OC(c4ccccc4)OC[C@H]3OC(OC(=N)C(Cl)(Cl)Cl)[C@@H]2N2C(=O)C(C)=C(C)C2=O)[C@H](OC(C)=O)[C@@H](OC(C)=O)[C@H]1OC(C)=O. The summed E-state index contributed by atoms with van der Waals surface area (Å²) in [5.74, 6) is -5.99. The first-order valence-electron chi connectivity index (χ1n) is 17.1. The lowest BCUT2D eigenvalue weighted by Crippen LogP contribution is -2.71. The number of halogens is 3. The number of carbonyl (C=O) groups is 6. The van der Waals surface area contributed by atoms with Gasteiger partial charge in [-0.1, -0.05) is 65.1 Å². The van der Waals surface area contributed by atoms with Crippen molar-refractivity contribution in [1.82, 2.24) is 4.90 Å². The normalized spacial score (nSPS) is 31.9. The topological polar surface area (TPSA) is 222 Å². The largest absolute Gasteiger partial charge is 0.463 e. The summed E-state index contributed by atoms with van der Waals surface area (Å²) in [5, 5.41) is 8.38. The summed E-state index contributed by atoms with van der Waals surface area (Å²) >= 11 is 17.9. The van der Waals surface area contributed by atoms with Crippen molar-refractivity contribution in [3.8, 4) is 0 Å². The molecule has 1 aromatic rings. The van der Waals surface area contributed by atoms with Crippen LogP contribution in [0.1, 0.15) is 53.4 Å². The summed E-state index contributed by atoms with van der Waals surface area (Å²) in [7, 11) is 0. The van der Waals surface area contributed by atoms with Gasteiger partial charge in [0, 0.05) is 44.4 Å². The van der Waals surface area contributed by atoms with Gasteiger partial charge in [-0.15, -0.1) is 0 Å². The Morgan fingerprint density at radius 2 is 1.34 bits per heavy atom. The number of nitrogens with one attached hydrogen (secondary N) is 1. The van der Waals surface area contributed by atoms with Gasteiger partial charge in [-0.25, -0.2) is 0 Å². The summed E-state index contributed by atoms with van der Waals surface area (Å²) in [5.41, 5.74) is 0.688. The molecule has 0 aliphatic carbocycles. The number of alkyl halides is 3. The molecule has 11 atom stereocenters. The molecule has 2 unspecified atom stereocenters. The van der Waals surface area contributed by atoms with Crippen LogP contribution in [0.5, 0.6) is 0 Å². The van der Waals surface area contributed by atoms with Gasteiger partial charge in [0.2, 0.25) is 12.2 Å². The Kier molecular flexibility index (Phi) is 13.7. The highest BCUT2D eigenvalue weighted by Gasteiger charge is 2.61. The van der Waals surface area contributed by atoms with Crippen LogP contribution in [0.2, 0.25) is 0 Å². The first-order valence-corrected chi connectivity index (χ1v) is 18.2. The van der Waals surface area contributed by atoms with Crippen molar-refractivity contribution in [3.05, 3.63) is 47.0 Å². The highest BCUT2D eigenvalue weighted by atomic mass is 35.6. The van der Waals surface area contributed by atoms with Crippen molar-refractivity contribution in [2.75, 3.05) is 13.2 Å². The minimum Gasteiger partial charge on any atom is -0.463 e. The number of rotatable bonds is 10. The van der Waals surface area contributed by atoms with E-state index < -0.39 is 120 Å². The molecular weight excluding hydrogens is 811 g/mol. The summed E-state index contributed by atoms with van der Waals surface area (Å²) in [6, 6.07) is 7.02. The van der Waals surface area contributed by atoms with Gasteiger partial charge in [-0.2, -0.15) is 0 Å². The molecule has 0 bridgehead atoms. The van der Waals surface area contributed by atoms with E-state index in [4.69, 9.17) is 87.6 Å². The molecule has 4 aliphatic rings. The van der Waals surface area contributed by atoms with E-state index >= 15 is 0 Å². The Hall–Kier alpha value is -3.88. The monoisotopic (exact) mass is 848 g/mol. The van der Waals surface area contributed by atoms with Gasteiger partial charge in [0.25, 0.3) is 15.6 Å². The zero-order valence-electron chi connectivity index (χ0n) is 30.8. The van der Waals surface area contributed by atoms with E-state index in [1.54, 1.807) is 30.3 Å². The van der Waals surface area contributed by atoms with E-state index in [0.29, 0.717) is 5.56 Å². The molecule has 3 saturated heterocycles. The highest BCUT2D eigenvalue weighted by Crippen LogP contribution is 2.42. The van der Waals surface area contributed by atoms with E-state index in [1.807, 2.05) is 0 Å². The lowest BCUT2D eigenvalue weighted by atomic mass is 9.93. The van der Waals surface area contributed by atoms with Crippen molar-refractivity contribution in [2.45, 2.75) is 113 Å². The van der Waals surface area contributed by atoms with Crippen molar-refractivity contribution in [3.63, 3.8) is 0 Å². The molecule has 56 heavy (non-hydrogen) atoms. The van der Waals surface area contributed by atoms with Gasteiger partial charge in [0.15, 0.2) is 30.9 Å². The number of esters is 4. The summed E-state index contributed by atoms with van der Waals surface area (Å²) in [4.78, 5) is 78.0. The molecule has 5 rings (SSSR count). The maximum absolute atomic E-state index is 13.9. The van der Waals surface area contributed by atoms with Gasteiger partial charge >= 0.3 is 23.9 Å². The molecule has 18 nitrogen and oxygen atoms in total. The molecule has 0 radical (unpaired) electrons. The summed E-state index contributed by atoms with van der Waals surface area (Å²) in [6.45, 7) is 6.31. The average molecular weight is 850 g/mol. The number of carbonyl (C=O) groups excluding carboxylic acids is 6. The van der Waals surface area contributed by atoms with Crippen molar-refractivity contribution in [2.24, 2.45) is 0 Å². The van der Waals surface area contributed by atoms with Gasteiger partial charge in [-0.3, -0.25) is 39.1 Å². The van der Waals surface area contributed by atoms with Crippen molar-refractivity contribution in [1.29, 1.82) is 5.41 Å². The number of imide groups is 1. The second-order valence-electron chi connectivity index (χ2n) is 13.1. The molecule has 0 saturated carbocycles. The Balaban J connectivity index is 1.67. The molecule has 3 fully saturated rings. The second-order valence-corrected chi connectivity index (χ2v) is 15.3. The molecule has 0 spiro atoms. The highest BCUT2D eigenvalue weighted by molar-refractivity contribution is 6.76. The Morgan fingerprint density at radius 3 is 1.89 bits per heavy atom. The molecule has 0 aromatic heterocycles. The third-order valence-corrected chi connectivity index (χ3v) is 9.56. The van der Waals surface area contributed by atoms with E-state index in [1.165, 1.54) is 13.8 Å². The number of hydrogen-bond donors (Lipinski definition) is 1.